The molecule has 0 aliphatic rings. The first-order chi connectivity index (χ1) is 7.24. The van der Waals surface area contributed by atoms with Gasteiger partial charge in [0.1, 0.15) is 11.6 Å². The van der Waals surface area contributed by atoms with E-state index in [-0.39, 0.29) is 5.57 Å². The van der Waals surface area contributed by atoms with Gasteiger partial charge >= 0.3 is 0 Å². The molecule has 1 amide bonds. The second-order valence-electron chi connectivity index (χ2n) is 2.83. The summed E-state index contributed by atoms with van der Waals surface area (Å²) in [6.07, 6.45) is 4.81. The van der Waals surface area contributed by atoms with E-state index in [1.165, 1.54) is 6.08 Å². The van der Waals surface area contributed by atoms with Gasteiger partial charge in [-0.25, -0.2) is 0 Å². The van der Waals surface area contributed by atoms with Crippen LogP contribution in [0.1, 0.15) is 5.56 Å². The van der Waals surface area contributed by atoms with Gasteiger partial charge in [-0.05, 0) is 11.6 Å². The van der Waals surface area contributed by atoms with Crippen LogP contribution in [0.5, 0.6) is 0 Å². The van der Waals surface area contributed by atoms with Gasteiger partial charge in [-0.15, -0.1) is 0 Å². The number of carbonyl (C=O) groups is 1. The van der Waals surface area contributed by atoms with Crippen LogP contribution >= 0.6 is 0 Å². The zero-order chi connectivity index (χ0) is 11.1. The zero-order valence-corrected chi connectivity index (χ0v) is 8.05. The molecule has 1 aromatic carbocycles. The van der Waals surface area contributed by atoms with E-state index in [9.17, 15) is 4.79 Å². The highest BCUT2D eigenvalue weighted by Gasteiger charge is 1.99. The zero-order valence-electron chi connectivity index (χ0n) is 8.05. The molecule has 0 fully saturated rings. The molecule has 3 nitrogen and oxygen atoms in total. The van der Waals surface area contributed by atoms with E-state index in [0.717, 1.165) is 5.56 Å². The molecule has 1 rings (SSSR count). The Balaban J connectivity index is 2.76. The number of allylic oxidation sites excluding steroid dienone is 2. The third kappa shape index (κ3) is 3.49. The van der Waals surface area contributed by atoms with Crippen LogP contribution in [0.4, 0.5) is 0 Å². The van der Waals surface area contributed by atoms with Gasteiger partial charge in [-0.3, -0.25) is 4.79 Å². The maximum Gasteiger partial charge on any atom is 0.259 e. The minimum atomic E-state index is -0.713. The Morgan fingerprint density at radius 1 is 1.33 bits per heavy atom. The number of primary amides is 1. The predicted octanol–water partition coefficient (Wildman–Crippen LogP) is 1.64. The second kappa shape index (κ2) is 5.40. The Hall–Kier alpha value is -2.34. The largest absolute Gasteiger partial charge is 0.365 e. The number of nitrogens with two attached hydrogens (primary N) is 1. The molecule has 15 heavy (non-hydrogen) atoms. The second-order valence-corrected chi connectivity index (χ2v) is 2.83. The Morgan fingerprint density at radius 3 is 2.53 bits per heavy atom. The van der Waals surface area contributed by atoms with Crippen LogP contribution in [0.3, 0.4) is 0 Å². The van der Waals surface area contributed by atoms with Crippen molar-refractivity contribution < 1.29 is 4.79 Å². The lowest BCUT2D eigenvalue weighted by molar-refractivity contribution is -0.114. The standard InChI is InChI=1S/C12H10N2O/c13-9-11(12(14)15)8-4-7-10-5-2-1-3-6-10/h1-8H,(H2,14,15)/b7-4+,11-8+. The maximum atomic E-state index is 10.7. The Morgan fingerprint density at radius 2 is 2.00 bits per heavy atom. The van der Waals surface area contributed by atoms with E-state index in [1.807, 2.05) is 30.3 Å². The summed E-state index contributed by atoms with van der Waals surface area (Å²) >= 11 is 0. The first-order valence-electron chi connectivity index (χ1n) is 4.37. The van der Waals surface area contributed by atoms with Crippen molar-refractivity contribution >= 4 is 12.0 Å². The molecule has 74 valence electrons. The summed E-state index contributed by atoms with van der Waals surface area (Å²) < 4.78 is 0. The Kier molecular flexibility index (Phi) is 3.87. The first-order valence-corrected chi connectivity index (χ1v) is 4.37. The molecular formula is C12H10N2O. The summed E-state index contributed by atoms with van der Waals surface area (Å²) in [5, 5.41) is 8.54. The van der Waals surface area contributed by atoms with Crippen LogP contribution in [0, 0.1) is 11.3 Å². The highest BCUT2D eigenvalue weighted by Crippen LogP contribution is 2.01. The average Bonchev–Trinajstić information content (AvgIpc) is 2.25. The van der Waals surface area contributed by atoms with Crippen molar-refractivity contribution in [3.63, 3.8) is 0 Å². The number of hydrogen-bond donors (Lipinski definition) is 1. The van der Waals surface area contributed by atoms with E-state index < -0.39 is 5.91 Å². The lowest BCUT2D eigenvalue weighted by Crippen LogP contribution is -2.12. The number of hydrogen-bond acceptors (Lipinski definition) is 2. The third-order valence-electron chi connectivity index (χ3n) is 1.74. The van der Waals surface area contributed by atoms with E-state index in [4.69, 9.17) is 11.0 Å². The van der Waals surface area contributed by atoms with Crippen LogP contribution in [-0.4, -0.2) is 5.91 Å². The normalized spacial score (nSPS) is 11.3. The van der Waals surface area contributed by atoms with Gasteiger partial charge in [0, 0.05) is 0 Å². The summed E-state index contributed by atoms with van der Waals surface area (Å²) in [4.78, 5) is 10.7. The summed E-state index contributed by atoms with van der Waals surface area (Å²) in [7, 11) is 0. The number of amides is 1. The topological polar surface area (TPSA) is 66.9 Å². The number of rotatable bonds is 3. The fourth-order valence-corrected chi connectivity index (χ4v) is 0.994. The molecule has 0 bridgehead atoms. The lowest BCUT2D eigenvalue weighted by Gasteiger charge is -1.89. The van der Waals surface area contributed by atoms with Gasteiger partial charge in [-0.2, -0.15) is 5.26 Å². The summed E-state index contributed by atoms with van der Waals surface area (Å²) in [5.41, 5.74) is 5.91. The number of benzene rings is 1. The molecule has 0 radical (unpaired) electrons. The number of carbonyl (C=O) groups excluding carboxylic acids is 1. The highest BCUT2D eigenvalue weighted by molar-refractivity contribution is 5.96. The molecule has 0 aromatic heterocycles. The summed E-state index contributed by atoms with van der Waals surface area (Å²) in [6, 6.07) is 11.3. The highest BCUT2D eigenvalue weighted by atomic mass is 16.1. The van der Waals surface area contributed by atoms with Crippen LogP contribution in [0.25, 0.3) is 6.08 Å². The Bertz CT molecular complexity index is 438. The van der Waals surface area contributed by atoms with Crippen LogP contribution in [-0.2, 0) is 4.79 Å². The fourth-order valence-electron chi connectivity index (χ4n) is 0.994. The molecule has 0 heterocycles. The lowest BCUT2D eigenvalue weighted by atomic mass is 10.2. The van der Waals surface area contributed by atoms with Gasteiger partial charge in [0.15, 0.2) is 0 Å². The van der Waals surface area contributed by atoms with Crippen LogP contribution in [0.15, 0.2) is 48.1 Å². The predicted molar refractivity (Wildman–Crippen MR) is 58.4 cm³/mol. The van der Waals surface area contributed by atoms with Crippen molar-refractivity contribution in [1.29, 1.82) is 5.26 Å². The Labute approximate surface area is 88.1 Å². The van der Waals surface area contributed by atoms with Crippen molar-refractivity contribution in [1.82, 2.24) is 0 Å². The molecule has 0 unspecified atom stereocenters. The van der Waals surface area contributed by atoms with E-state index in [2.05, 4.69) is 0 Å². The van der Waals surface area contributed by atoms with Gasteiger partial charge < -0.3 is 5.73 Å². The van der Waals surface area contributed by atoms with E-state index in [1.54, 1.807) is 18.2 Å². The minimum absolute atomic E-state index is 0.0535. The number of nitrogens with zero attached hydrogens (tertiary/aromatic N) is 1. The van der Waals surface area contributed by atoms with Crippen LogP contribution in [0.2, 0.25) is 0 Å². The maximum absolute atomic E-state index is 10.7. The molecule has 0 aliphatic heterocycles. The van der Waals surface area contributed by atoms with E-state index in [0.29, 0.717) is 0 Å². The molecule has 2 N–H and O–H groups in total. The molecule has 0 saturated heterocycles. The molecule has 0 spiro atoms. The quantitative estimate of drug-likeness (QED) is 0.455. The van der Waals surface area contributed by atoms with E-state index >= 15 is 0 Å². The van der Waals surface area contributed by atoms with Crippen molar-refractivity contribution in [2.45, 2.75) is 0 Å². The molecule has 3 heteroatoms. The molecular weight excluding hydrogens is 188 g/mol. The van der Waals surface area contributed by atoms with Gasteiger partial charge in [-0.1, -0.05) is 42.5 Å². The fraction of sp³-hybridized carbons (Fsp3) is 0. The first kappa shape index (κ1) is 10.7. The monoisotopic (exact) mass is 198 g/mol. The van der Waals surface area contributed by atoms with Crippen molar-refractivity contribution in [2.75, 3.05) is 0 Å². The average molecular weight is 198 g/mol. The molecule has 1 aromatic rings. The van der Waals surface area contributed by atoms with Crippen molar-refractivity contribution in [3.05, 3.63) is 53.6 Å². The molecule has 0 aliphatic carbocycles. The minimum Gasteiger partial charge on any atom is -0.365 e. The SMILES string of the molecule is N#C/C(=C\C=C\c1ccccc1)C(N)=O. The third-order valence-corrected chi connectivity index (χ3v) is 1.74. The van der Waals surface area contributed by atoms with Gasteiger partial charge in [0.05, 0.1) is 0 Å². The van der Waals surface area contributed by atoms with Crippen LogP contribution < -0.4 is 5.73 Å². The van der Waals surface area contributed by atoms with Gasteiger partial charge in [0.25, 0.3) is 5.91 Å². The van der Waals surface area contributed by atoms with Crippen molar-refractivity contribution in [2.24, 2.45) is 5.73 Å². The smallest absolute Gasteiger partial charge is 0.259 e. The summed E-state index contributed by atoms with van der Waals surface area (Å²) in [5.74, 6) is -0.713. The van der Waals surface area contributed by atoms with Crippen molar-refractivity contribution in [3.8, 4) is 6.07 Å². The molecule has 0 atom stereocenters. The molecule has 0 saturated carbocycles. The summed E-state index contributed by atoms with van der Waals surface area (Å²) in [6.45, 7) is 0. The number of nitriles is 1. The van der Waals surface area contributed by atoms with Gasteiger partial charge in [0.2, 0.25) is 0 Å².